The highest BCUT2D eigenvalue weighted by Crippen LogP contribution is 2.30. The molecule has 9 heteroatoms. The Morgan fingerprint density at radius 3 is 2.80 bits per heavy atom. The molecular weight excluding hydrogens is 396 g/mol. The van der Waals surface area contributed by atoms with E-state index in [0.717, 1.165) is 58.6 Å². The smallest absolute Gasteiger partial charge is 0.167 e. The molecular formula is C21H28N8S. The molecule has 1 aliphatic heterocycles. The van der Waals surface area contributed by atoms with E-state index in [0.29, 0.717) is 6.04 Å². The zero-order chi connectivity index (χ0) is 21.1. The molecule has 0 atom stereocenters. The summed E-state index contributed by atoms with van der Waals surface area (Å²) in [5, 5.41) is 15.6. The molecule has 1 saturated heterocycles. The Labute approximate surface area is 180 Å². The van der Waals surface area contributed by atoms with Gasteiger partial charge >= 0.3 is 0 Å². The van der Waals surface area contributed by atoms with E-state index in [9.17, 15) is 0 Å². The number of hydrogen-bond donors (Lipinski definition) is 3. The molecule has 1 fully saturated rings. The summed E-state index contributed by atoms with van der Waals surface area (Å²) in [4.78, 5) is 7.27. The van der Waals surface area contributed by atoms with Gasteiger partial charge in [-0.25, -0.2) is 4.98 Å². The van der Waals surface area contributed by atoms with E-state index in [2.05, 4.69) is 55.5 Å². The van der Waals surface area contributed by atoms with Crippen molar-refractivity contribution in [1.82, 2.24) is 29.6 Å². The molecule has 0 unspecified atom stereocenters. The fraction of sp³-hybridized carbons (Fsp3) is 0.381. The van der Waals surface area contributed by atoms with E-state index in [-0.39, 0.29) is 0 Å². The molecule has 0 bridgehead atoms. The lowest BCUT2D eigenvalue weighted by Crippen LogP contribution is -2.57. The fourth-order valence-corrected chi connectivity index (χ4v) is 4.09. The van der Waals surface area contributed by atoms with Gasteiger partial charge in [-0.3, -0.25) is 0 Å². The van der Waals surface area contributed by atoms with Crippen LogP contribution in [0.2, 0.25) is 0 Å². The Bertz CT molecular complexity index is 1070. The molecule has 3 aromatic rings. The lowest BCUT2D eigenvalue weighted by Gasteiger charge is -2.40. The second kappa shape index (κ2) is 8.85. The quantitative estimate of drug-likeness (QED) is 0.479. The summed E-state index contributed by atoms with van der Waals surface area (Å²) in [5.41, 5.74) is 3.87. The first-order valence-corrected chi connectivity index (χ1v) is 11.0. The first-order chi connectivity index (χ1) is 14.6. The van der Waals surface area contributed by atoms with Crippen LogP contribution in [0, 0.1) is 6.92 Å². The third-order valence-electron chi connectivity index (χ3n) is 5.10. The van der Waals surface area contributed by atoms with Crippen molar-refractivity contribution in [2.24, 2.45) is 0 Å². The normalized spacial score (nSPS) is 15.2. The summed E-state index contributed by atoms with van der Waals surface area (Å²) in [6, 6.07) is 4.60. The van der Waals surface area contributed by atoms with Gasteiger partial charge < -0.3 is 20.9 Å². The van der Waals surface area contributed by atoms with Crippen molar-refractivity contribution in [1.29, 1.82) is 0 Å². The van der Waals surface area contributed by atoms with Gasteiger partial charge in [0.05, 0.1) is 11.9 Å². The minimum Gasteiger partial charge on any atom is -0.393 e. The zero-order valence-electron chi connectivity index (χ0n) is 17.8. The Balaban J connectivity index is 1.80. The molecule has 3 N–H and O–H groups in total. The van der Waals surface area contributed by atoms with Gasteiger partial charge in [0, 0.05) is 49.6 Å². The van der Waals surface area contributed by atoms with Crippen LogP contribution in [0.1, 0.15) is 24.6 Å². The molecule has 4 rings (SSSR count). The molecule has 3 aromatic heterocycles. The van der Waals surface area contributed by atoms with Crippen LogP contribution in [0.4, 0.5) is 16.6 Å². The van der Waals surface area contributed by atoms with E-state index in [4.69, 9.17) is 4.98 Å². The first kappa shape index (κ1) is 20.4. The van der Waals surface area contributed by atoms with Crippen molar-refractivity contribution in [3.05, 3.63) is 47.9 Å². The molecule has 0 aliphatic carbocycles. The van der Waals surface area contributed by atoms with Crippen molar-refractivity contribution in [2.75, 3.05) is 37.4 Å². The van der Waals surface area contributed by atoms with Crippen molar-refractivity contribution in [3.8, 4) is 0 Å². The Morgan fingerprint density at radius 2 is 2.13 bits per heavy atom. The van der Waals surface area contributed by atoms with Crippen LogP contribution in [-0.2, 0) is 0 Å². The van der Waals surface area contributed by atoms with Crippen LogP contribution < -0.4 is 20.9 Å². The third kappa shape index (κ3) is 4.03. The number of anilines is 3. The highest BCUT2D eigenvalue weighted by atomic mass is 32.1. The molecule has 158 valence electrons. The molecule has 0 spiro atoms. The first-order valence-electron chi connectivity index (χ1n) is 10.2. The summed E-state index contributed by atoms with van der Waals surface area (Å²) in [6.45, 7) is 6.00. The van der Waals surface area contributed by atoms with Gasteiger partial charge in [-0.1, -0.05) is 19.1 Å². The maximum absolute atomic E-state index is 4.99. The van der Waals surface area contributed by atoms with Gasteiger partial charge in [0.2, 0.25) is 0 Å². The van der Waals surface area contributed by atoms with Crippen LogP contribution in [0.15, 0.2) is 36.7 Å². The highest BCUT2D eigenvalue weighted by molar-refractivity contribution is 7.10. The van der Waals surface area contributed by atoms with E-state index in [1.807, 2.05) is 44.0 Å². The summed E-state index contributed by atoms with van der Waals surface area (Å²) in [6.07, 6.45) is 9.09. The maximum atomic E-state index is 4.99. The standard InChI is InChI=1S/C21H28N8S/c1-5-6-7-15(10-22-3)17-11-24-29-19(25-20-8-14(2)27-30-20)9-18(26-21(17)29)28-12-16(13-28)23-4/h6-11,16,22-23,25H,5,12-13H2,1-4H3/b7-6+,15-10+. The molecule has 0 radical (unpaired) electrons. The van der Waals surface area contributed by atoms with E-state index in [1.54, 1.807) is 0 Å². The summed E-state index contributed by atoms with van der Waals surface area (Å²) in [7, 11) is 3.91. The molecule has 0 amide bonds. The van der Waals surface area contributed by atoms with Crippen molar-refractivity contribution in [3.63, 3.8) is 0 Å². The topological polar surface area (TPSA) is 82.4 Å². The second-order valence-corrected chi connectivity index (χ2v) is 8.15. The number of likely N-dealkylation sites (N-methyl/N-ethyl adjacent to an activating group) is 1. The minimum absolute atomic E-state index is 0.500. The molecule has 1 aliphatic rings. The predicted molar refractivity (Wildman–Crippen MR) is 125 cm³/mol. The zero-order valence-corrected chi connectivity index (χ0v) is 18.6. The number of allylic oxidation sites excluding steroid dienone is 3. The lowest BCUT2D eigenvalue weighted by atomic mass is 10.1. The molecule has 4 heterocycles. The van der Waals surface area contributed by atoms with Gasteiger partial charge in [0.15, 0.2) is 5.65 Å². The summed E-state index contributed by atoms with van der Waals surface area (Å²) < 4.78 is 6.25. The SMILES string of the molecule is CC/C=C/C(=C\NC)c1cnn2c(Nc3cc(C)ns3)cc(N3CC(NC)C3)nc12. The number of hydrogen-bond acceptors (Lipinski definition) is 8. The largest absolute Gasteiger partial charge is 0.393 e. The van der Waals surface area contributed by atoms with Gasteiger partial charge in [0.1, 0.15) is 16.6 Å². The van der Waals surface area contributed by atoms with Gasteiger partial charge in [-0.15, -0.1) is 0 Å². The highest BCUT2D eigenvalue weighted by Gasteiger charge is 2.27. The third-order valence-corrected chi connectivity index (χ3v) is 5.89. The monoisotopic (exact) mass is 424 g/mol. The minimum atomic E-state index is 0.500. The number of rotatable bonds is 8. The number of aromatic nitrogens is 4. The molecule has 30 heavy (non-hydrogen) atoms. The number of nitrogens with zero attached hydrogens (tertiary/aromatic N) is 5. The Hall–Kier alpha value is -2.91. The van der Waals surface area contributed by atoms with Crippen LogP contribution in [0.5, 0.6) is 0 Å². The van der Waals surface area contributed by atoms with Crippen molar-refractivity contribution in [2.45, 2.75) is 26.3 Å². The molecule has 0 saturated carbocycles. The van der Waals surface area contributed by atoms with Crippen molar-refractivity contribution < 1.29 is 0 Å². The van der Waals surface area contributed by atoms with E-state index in [1.165, 1.54) is 11.5 Å². The summed E-state index contributed by atoms with van der Waals surface area (Å²) in [5.74, 6) is 1.82. The molecule has 8 nitrogen and oxygen atoms in total. The van der Waals surface area contributed by atoms with Crippen LogP contribution >= 0.6 is 11.5 Å². The van der Waals surface area contributed by atoms with Crippen LogP contribution in [0.25, 0.3) is 11.2 Å². The summed E-state index contributed by atoms with van der Waals surface area (Å²) >= 11 is 1.44. The lowest BCUT2D eigenvalue weighted by molar-refractivity contribution is 0.447. The Morgan fingerprint density at radius 1 is 1.30 bits per heavy atom. The number of nitrogens with one attached hydrogen (secondary N) is 3. The Kier molecular flexibility index (Phi) is 6.01. The van der Waals surface area contributed by atoms with Gasteiger partial charge in [0.25, 0.3) is 0 Å². The average molecular weight is 425 g/mol. The maximum Gasteiger partial charge on any atom is 0.167 e. The fourth-order valence-electron chi connectivity index (χ4n) is 3.42. The predicted octanol–water partition coefficient (Wildman–Crippen LogP) is 3.17. The van der Waals surface area contributed by atoms with E-state index >= 15 is 0 Å². The number of fused-ring (bicyclic) bond motifs is 1. The number of aryl methyl sites for hydroxylation is 1. The van der Waals surface area contributed by atoms with Gasteiger partial charge in [-0.2, -0.15) is 14.0 Å². The average Bonchev–Trinajstić information content (AvgIpc) is 3.30. The van der Waals surface area contributed by atoms with Crippen LogP contribution in [0.3, 0.4) is 0 Å². The second-order valence-electron chi connectivity index (χ2n) is 7.34. The van der Waals surface area contributed by atoms with Crippen LogP contribution in [-0.4, -0.2) is 52.2 Å². The van der Waals surface area contributed by atoms with Gasteiger partial charge in [-0.05, 0) is 38.0 Å². The van der Waals surface area contributed by atoms with E-state index < -0.39 is 0 Å². The van der Waals surface area contributed by atoms with Crippen molar-refractivity contribution >= 4 is 39.4 Å². The molecule has 0 aromatic carbocycles.